The Morgan fingerprint density at radius 2 is 1.00 bits per heavy atom. The van der Waals surface area contributed by atoms with Crippen molar-refractivity contribution in [1.82, 2.24) is 21.5 Å². The molecule has 0 spiro atoms. The second kappa shape index (κ2) is 12.2. The van der Waals surface area contributed by atoms with Crippen LogP contribution in [0.5, 0.6) is 0 Å². The Morgan fingerprint density at radius 1 is 0.625 bits per heavy atom. The zero-order chi connectivity index (χ0) is 27.9. The minimum atomic E-state index is -0.890. The standard InChI is InChI=1S/C30H28N6O4/c37-27-25(23(17-31-27)19-9-3-1-4-10-19)29(39)35-33-15-21-13-7-8-14-22(21)16-34-36-30(40)26-24(18-32-28(26)38)20-11-5-2-6-12-20/h1-16,23-26H,17-18H2,(H,31,37)(H,32,38)(H,35,39)(H,36,40)/b33-15+,34-16+. The van der Waals surface area contributed by atoms with Gasteiger partial charge in [0.1, 0.15) is 11.8 Å². The summed E-state index contributed by atoms with van der Waals surface area (Å²) < 4.78 is 0. The van der Waals surface area contributed by atoms with Crippen LogP contribution in [-0.4, -0.2) is 49.1 Å². The molecule has 0 aliphatic carbocycles. The second-order valence-corrected chi connectivity index (χ2v) is 9.58. The summed E-state index contributed by atoms with van der Waals surface area (Å²) in [6, 6.07) is 25.9. The third-order valence-corrected chi connectivity index (χ3v) is 7.14. The van der Waals surface area contributed by atoms with Crippen molar-refractivity contribution in [1.29, 1.82) is 0 Å². The highest BCUT2D eigenvalue weighted by molar-refractivity contribution is 6.04. The fraction of sp³-hybridized carbons (Fsp3) is 0.200. The molecule has 4 N–H and O–H groups in total. The number of carbonyl (C=O) groups is 4. The number of nitrogens with zero attached hydrogens (tertiary/aromatic N) is 2. The smallest absolute Gasteiger partial charge is 0.253 e. The number of amides is 4. The number of carbonyl (C=O) groups excluding carboxylic acids is 4. The lowest BCUT2D eigenvalue weighted by Gasteiger charge is -2.15. The molecule has 4 unspecified atom stereocenters. The van der Waals surface area contributed by atoms with Gasteiger partial charge in [0.05, 0.1) is 12.4 Å². The van der Waals surface area contributed by atoms with Crippen LogP contribution in [0, 0.1) is 11.8 Å². The molecular formula is C30H28N6O4. The van der Waals surface area contributed by atoms with Gasteiger partial charge in [-0.05, 0) is 11.1 Å². The lowest BCUT2D eigenvalue weighted by molar-refractivity contribution is -0.135. The Bertz CT molecular complexity index is 1350. The normalized spacial score (nSPS) is 22.3. The van der Waals surface area contributed by atoms with Gasteiger partial charge in [-0.25, -0.2) is 10.9 Å². The average Bonchev–Trinajstić information content (AvgIpc) is 3.57. The molecular weight excluding hydrogens is 508 g/mol. The highest BCUT2D eigenvalue weighted by atomic mass is 16.2. The summed E-state index contributed by atoms with van der Waals surface area (Å²) in [7, 11) is 0. The van der Waals surface area contributed by atoms with Crippen LogP contribution in [0.15, 0.2) is 95.1 Å². The molecule has 2 aliphatic heterocycles. The van der Waals surface area contributed by atoms with Crippen molar-refractivity contribution in [3.63, 3.8) is 0 Å². The van der Waals surface area contributed by atoms with Gasteiger partial charge in [-0.15, -0.1) is 0 Å². The van der Waals surface area contributed by atoms with Crippen LogP contribution in [0.1, 0.15) is 34.1 Å². The molecule has 2 saturated heterocycles. The highest BCUT2D eigenvalue weighted by Crippen LogP contribution is 2.30. The van der Waals surface area contributed by atoms with Gasteiger partial charge in [0.2, 0.25) is 11.8 Å². The Hall–Kier alpha value is -5.12. The molecule has 10 nitrogen and oxygen atoms in total. The van der Waals surface area contributed by atoms with Gasteiger partial charge in [-0.3, -0.25) is 19.2 Å². The van der Waals surface area contributed by atoms with Crippen molar-refractivity contribution in [2.24, 2.45) is 22.0 Å². The summed E-state index contributed by atoms with van der Waals surface area (Å²) in [6.45, 7) is 0.758. The van der Waals surface area contributed by atoms with Gasteiger partial charge in [-0.2, -0.15) is 10.2 Å². The number of benzene rings is 3. The van der Waals surface area contributed by atoms with Crippen LogP contribution in [0.2, 0.25) is 0 Å². The molecule has 4 amide bonds. The van der Waals surface area contributed by atoms with E-state index in [1.54, 1.807) is 24.3 Å². The Balaban J connectivity index is 1.22. The molecule has 202 valence electrons. The lowest BCUT2D eigenvalue weighted by atomic mass is 9.88. The van der Waals surface area contributed by atoms with Gasteiger partial charge in [-0.1, -0.05) is 84.9 Å². The molecule has 10 heteroatoms. The Labute approximate surface area is 230 Å². The molecule has 0 radical (unpaired) electrons. The fourth-order valence-corrected chi connectivity index (χ4v) is 5.08. The van der Waals surface area contributed by atoms with Gasteiger partial charge in [0.25, 0.3) is 11.8 Å². The monoisotopic (exact) mass is 536 g/mol. The van der Waals surface area contributed by atoms with E-state index in [9.17, 15) is 19.2 Å². The minimum absolute atomic E-state index is 0.282. The summed E-state index contributed by atoms with van der Waals surface area (Å²) in [5.74, 6) is -4.02. The number of hydrazone groups is 2. The van der Waals surface area contributed by atoms with Crippen LogP contribution in [0.4, 0.5) is 0 Å². The molecule has 0 bridgehead atoms. The van der Waals surface area contributed by atoms with Crippen molar-refractivity contribution < 1.29 is 19.2 Å². The van der Waals surface area contributed by atoms with Crippen LogP contribution in [-0.2, 0) is 19.2 Å². The predicted octanol–water partition coefficient (Wildman–Crippen LogP) is 1.65. The van der Waals surface area contributed by atoms with Gasteiger partial charge >= 0.3 is 0 Å². The minimum Gasteiger partial charge on any atom is -0.355 e. The summed E-state index contributed by atoms with van der Waals surface area (Å²) >= 11 is 0. The van der Waals surface area contributed by atoms with Crippen LogP contribution < -0.4 is 21.5 Å². The van der Waals surface area contributed by atoms with E-state index in [4.69, 9.17) is 0 Å². The van der Waals surface area contributed by atoms with Crippen molar-refractivity contribution in [3.8, 4) is 0 Å². The highest BCUT2D eigenvalue weighted by Gasteiger charge is 2.42. The fourth-order valence-electron chi connectivity index (χ4n) is 5.08. The zero-order valence-corrected chi connectivity index (χ0v) is 21.5. The first-order valence-corrected chi connectivity index (χ1v) is 12.9. The molecule has 0 saturated carbocycles. The quantitative estimate of drug-likeness (QED) is 0.197. The maximum Gasteiger partial charge on any atom is 0.253 e. The SMILES string of the molecule is O=C1NCC(c2ccccc2)C1C(=O)N/N=C/c1ccccc1/C=N/NC(=O)C1C(=O)NCC1c1ccccc1. The zero-order valence-electron chi connectivity index (χ0n) is 21.5. The van der Waals surface area contributed by atoms with E-state index in [1.807, 2.05) is 60.7 Å². The Morgan fingerprint density at radius 3 is 1.40 bits per heavy atom. The molecule has 40 heavy (non-hydrogen) atoms. The van der Waals surface area contributed by atoms with Crippen LogP contribution in [0.3, 0.4) is 0 Å². The van der Waals surface area contributed by atoms with E-state index in [0.717, 1.165) is 11.1 Å². The maximum absolute atomic E-state index is 12.9. The topological polar surface area (TPSA) is 141 Å². The van der Waals surface area contributed by atoms with Crippen molar-refractivity contribution in [2.45, 2.75) is 11.8 Å². The Kier molecular flexibility index (Phi) is 8.05. The molecule has 2 aliphatic rings. The largest absolute Gasteiger partial charge is 0.355 e. The van der Waals surface area contributed by atoms with Gasteiger partial charge in [0, 0.05) is 36.1 Å². The first kappa shape index (κ1) is 26.5. The molecule has 0 aromatic heterocycles. The third-order valence-electron chi connectivity index (χ3n) is 7.14. The average molecular weight is 537 g/mol. The third kappa shape index (κ3) is 5.80. The number of rotatable bonds is 8. The lowest BCUT2D eigenvalue weighted by Crippen LogP contribution is -2.34. The summed E-state index contributed by atoms with van der Waals surface area (Å²) in [5.41, 5.74) is 8.00. The molecule has 3 aromatic carbocycles. The summed E-state index contributed by atoms with van der Waals surface area (Å²) in [6.07, 6.45) is 2.89. The summed E-state index contributed by atoms with van der Waals surface area (Å²) in [5, 5.41) is 13.6. The van der Waals surface area contributed by atoms with E-state index >= 15 is 0 Å². The number of hydrogen-bond donors (Lipinski definition) is 4. The molecule has 4 atom stereocenters. The first-order valence-electron chi connectivity index (χ1n) is 12.9. The van der Waals surface area contributed by atoms with Gasteiger partial charge in [0.15, 0.2) is 0 Å². The van der Waals surface area contributed by atoms with E-state index in [2.05, 4.69) is 31.7 Å². The van der Waals surface area contributed by atoms with Crippen molar-refractivity contribution in [2.75, 3.05) is 13.1 Å². The molecule has 3 aromatic rings. The van der Waals surface area contributed by atoms with Crippen LogP contribution >= 0.6 is 0 Å². The van der Waals surface area contributed by atoms with Crippen molar-refractivity contribution in [3.05, 3.63) is 107 Å². The number of hydrogen-bond acceptors (Lipinski definition) is 6. The van der Waals surface area contributed by atoms with Crippen LogP contribution in [0.25, 0.3) is 0 Å². The first-order chi connectivity index (χ1) is 19.5. The van der Waals surface area contributed by atoms with E-state index in [-0.39, 0.29) is 23.7 Å². The molecule has 2 fully saturated rings. The van der Waals surface area contributed by atoms with E-state index in [1.165, 1.54) is 12.4 Å². The predicted molar refractivity (Wildman–Crippen MR) is 149 cm³/mol. The second-order valence-electron chi connectivity index (χ2n) is 9.58. The van der Waals surface area contributed by atoms with E-state index in [0.29, 0.717) is 24.2 Å². The number of nitrogens with one attached hydrogen (secondary N) is 4. The maximum atomic E-state index is 12.9. The van der Waals surface area contributed by atoms with E-state index < -0.39 is 23.7 Å². The molecule has 2 heterocycles. The molecule has 5 rings (SSSR count). The van der Waals surface area contributed by atoms with Gasteiger partial charge < -0.3 is 10.6 Å². The summed E-state index contributed by atoms with van der Waals surface area (Å²) in [4.78, 5) is 50.5. The van der Waals surface area contributed by atoms with Crippen molar-refractivity contribution >= 4 is 36.1 Å².